The first kappa shape index (κ1) is 11.0. The van der Waals surface area contributed by atoms with Gasteiger partial charge in [-0.25, -0.2) is 4.79 Å². The largest absolute Gasteiger partial charge is 0.466 e. The molecule has 1 rings (SSSR count). The number of nitrogens with one attached hydrogen (secondary N) is 1. The Balaban J connectivity index is 2.07. The van der Waals surface area contributed by atoms with Crippen LogP contribution in [-0.2, 0) is 14.3 Å². The highest BCUT2D eigenvalue weighted by Crippen LogP contribution is 2.12. The standard InChI is InChI=1S/C10H17NO3/c1-13-10(12)2-5-11-8-9-3-6-14-7-4-9/h2,5,9,11H,3-4,6-8H2,1H3/b5-2+. The van der Waals surface area contributed by atoms with Gasteiger partial charge in [-0.2, -0.15) is 0 Å². The van der Waals surface area contributed by atoms with Crippen LogP contribution in [0.2, 0.25) is 0 Å². The topological polar surface area (TPSA) is 47.6 Å². The molecule has 4 nitrogen and oxygen atoms in total. The molecule has 1 saturated heterocycles. The summed E-state index contributed by atoms with van der Waals surface area (Å²) in [5.74, 6) is 0.329. The van der Waals surface area contributed by atoms with Gasteiger partial charge in [-0.3, -0.25) is 0 Å². The Labute approximate surface area is 84.3 Å². The minimum atomic E-state index is -0.329. The van der Waals surface area contributed by atoms with E-state index in [2.05, 4.69) is 10.1 Å². The Morgan fingerprint density at radius 2 is 2.29 bits per heavy atom. The Hall–Kier alpha value is -1.03. The van der Waals surface area contributed by atoms with Gasteiger partial charge < -0.3 is 14.8 Å². The number of carbonyl (C=O) groups is 1. The van der Waals surface area contributed by atoms with Gasteiger partial charge >= 0.3 is 5.97 Å². The Kier molecular flexibility index (Phi) is 5.07. The minimum Gasteiger partial charge on any atom is -0.466 e. The van der Waals surface area contributed by atoms with Gasteiger partial charge in [-0.1, -0.05) is 0 Å². The Morgan fingerprint density at radius 1 is 1.57 bits per heavy atom. The Bertz CT molecular complexity index is 198. The molecule has 1 aliphatic heterocycles. The summed E-state index contributed by atoms with van der Waals surface area (Å²) in [6.45, 7) is 2.61. The van der Waals surface area contributed by atoms with Gasteiger partial charge in [0.2, 0.25) is 0 Å². The third kappa shape index (κ3) is 4.28. The van der Waals surface area contributed by atoms with E-state index >= 15 is 0 Å². The number of hydrogen-bond donors (Lipinski definition) is 1. The van der Waals surface area contributed by atoms with E-state index in [-0.39, 0.29) is 5.97 Å². The predicted octanol–water partition coefficient (Wildman–Crippen LogP) is 0.689. The fraction of sp³-hybridized carbons (Fsp3) is 0.700. The average Bonchev–Trinajstić information content (AvgIpc) is 2.25. The van der Waals surface area contributed by atoms with Crippen LogP contribution in [0.25, 0.3) is 0 Å². The molecule has 0 spiro atoms. The van der Waals surface area contributed by atoms with E-state index < -0.39 is 0 Å². The maximum Gasteiger partial charge on any atom is 0.331 e. The van der Waals surface area contributed by atoms with E-state index in [1.807, 2.05) is 0 Å². The lowest BCUT2D eigenvalue weighted by Gasteiger charge is -2.21. The number of ether oxygens (including phenoxy) is 2. The van der Waals surface area contributed by atoms with Crippen LogP contribution in [0.15, 0.2) is 12.3 Å². The molecule has 0 radical (unpaired) electrons. The van der Waals surface area contributed by atoms with Crippen molar-refractivity contribution in [2.45, 2.75) is 12.8 Å². The number of hydrogen-bond acceptors (Lipinski definition) is 4. The van der Waals surface area contributed by atoms with Crippen molar-refractivity contribution in [2.24, 2.45) is 5.92 Å². The fourth-order valence-corrected chi connectivity index (χ4v) is 1.38. The van der Waals surface area contributed by atoms with Crippen molar-refractivity contribution in [3.63, 3.8) is 0 Å². The van der Waals surface area contributed by atoms with E-state index in [1.165, 1.54) is 13.2 Å². The van der Waals surface area contributed by atoms with Gasteiger partial charge in [0, 0.05) is 32.0 Å². The summed E-state index contributed by atoms with van der Waals surface area (Å²) in [7, 11) is 1.37. The molecule has 4 heteroatoms. The first-order valence-electron chi connectivity index (χ1n) is 4.88. The molecule has 0 saturated carbocycles. The summed E-state index contributed by atoms with van der Waals surface area (Å²) in [5.41, 5.74) is 0. The van der Waals surface area contributed by atoms with Crippen LogP contribution in [0.3, 0.4) is 0 Å². The van der Waals surface area contributed by atoms with E-state index in [9.17, 15) is 4.79 Å². The molecular weight excluding hydrogens is 182 g/mol. The van der Waals surface area contributed by atoms with Crippen molar-refractivity contribution in [2.75, 3.05) is 26.9 Å². The summed E-state index contributed by atoms with van der Waals surface area (Å²) in [6, 6.07) is 0. The smallest absolute Gasteiger partial charge is 0.331 e. The number of carbonyl (C=O) groups excluding carboxylic acids is 1. The lowest BCUT2D eigenvalue weighted by atomic mass is 10.0. The van der Waals surface area contributed by atoms with E-state index in [0.29, 0.717) is 5.92 Å². The first-order valence-corrected chi connectivity index (χ1v) is 4.88. The molecular formula is C10H17NO3. The summed E-state index contributed by atoms with van der Waals surface area (Å²) in [4.78, 5) is 10.7. The van der Waals surface area contributed by atoms with Crippen molar-refractivity contribution < 1.29 is 14.3 Å². The quantitative estimate of drug-likeness (QED) is 0.534. The molecule has 0 unspecified atom stereocenters. The Morgan fingerprint density at radius 3 is 2.93 bits per heavy atom. The maximum atomic E-state index is 10.7. The second kappa shape index (κ2) is 6.43. The molecule has 0 aliphatic carbocycles. The molecule has 1 heterocycles. The normalized spacial score (nSPS) is 18.4. The zero-order valence-corrected chi connectivity index (χ0v) is 8.49. The van der Waals surface area contributed by atoms with Crippen molar-refractivity contribution in [1.82, 2.24) is 5.32 Å². The van der Waals surface area contributed by atoms with Crippen LogP contribution in [0.5, 0.6) is 0 Å². The molecule has 1 aliphatic rings. The first-order chi connectivity index (χ1) is 6.83. The number of esters is 1. The van der Waals surface area contributed by atoms with Crippen LogP contribution in [-0.4, -0.2) is 32.8 Å². The van der Waals surface area contributed by atoms with Crippen molar-refractivity contribution in [1.29, 1.82) is 0 Å². The van der Waals surface area contributed by atoms with Crippen molar-refractivity contribution in [3.8, 4) is 0 Å². The maximum absolute atomic E-state index is 10.7. The highest BCUT2D eigenvalue weighted by Gasteiger charge is 2.12. The van der Waals surface area contributed by atoms with Crippen LogP contribution in [0, 0.1) is 5.92 Å². The van der Waals surface area contributed by atoms with Gasteiger partial charge in [-0.05, 0) is 18.8 Å². The van der Waals surface area contributed by atoms with Gasteiger partial charge in [0.25, 0.3) is 0 Å². The number of rotatable bonds is 4. The molecule has 0 aromatic heterocycles. The highest BCUT2D eigenvalue weighted by molar-refractivity contribution is 5.81. The third-order valence-corrected chi connectivity index (χ3v) is 2.29. The van der Waals surface area contributed by atoms with E-state index in [0.717, 1.165) is 32.6 Å². The lowest BCUT2D eigenvalue weighted by Crippen LogP contribution is -2.25. The highest BCUT2D eigenvalue weighted by atomic mass is 16.5. The van der Waals surface area contributed by atoms with Crippen LogP contribution < -0.4 is 5.32 Å². The third-order valence-electron chi connectivity index (χ3n) is 2.29. The summed E-state index contributed by atoms with van der Waals surface area (Å²) >= 11 is 0. The minimum absolute atomic E-state index is 0.329. The molecule has 0 atom stereocenters. The molecule has 80 valence electrons. The van der Waals surface area contributed by atoms with E-state index in [4.69, 9.17) is 4.74 Å². The lowest BCUT2D eigenvalue weighted by molar-refractivity contribution is -0.134. The van der Waals surface area contributed by atoms with Crippen molar-refractivity contribution in [3.05, 3.63) is 12.3 Å². The molecule has 1 N–H and O–H groups in total. The molecule has 14 heavy (non-hydrogen) atoms. The van der Waals surface area contributed by atoms with Gasteiger partial charge in [0.05, 0.1) is 7.11 Å². The second-order valence-corrected chi connectivity index (χ2v) is 3.32. The molecule has 0 bridgehead atoms. The van der Waals surface area contributed by atoms with E-state index in [1.54, 1.807) is 6.20 Å². The monoisotopic (exact) mass is 199 g/mol. The summed E-state index contributed by atoms with van der Waals surface area (Å²) < 4.78 is 9.70. The molecule has 0 amide bonds. The van der Waals surface area contributed by atoms with Gasteiger partial charge in [0.15, 0.2) is 0 Å². The fourth-order valence-electron chi connectivity index (χ4n) is 1.38. The zero-order valence-electron chi connectivity index (χ0n) is 8.49. The van der Waals surface area contributed by atoms with Crippen molar-refractivity contribution >= 4 is 5.97 Å². The molecule has 1 fully saturated rings. The van der Waals surface area contributed by atoms with Gasteiger partial charge in [0.1, 0.15) is 0 Å². The number of methoxy groups -OCH3 is 1. The average molecular weight is 199 g/mol. The zero-order chi connectivity index (χ0) is 10.2. The predicted molar refractivity (Wildman–Crippen MR) is 52.7 cm³/mol. The summed E-state index contributed by atoms with van der Waals surface area (Å²) in [6.07, 6.45) is 5.22. The van der Waals surface area contributed by atoms with Gasteiger partial charge in [-0.15, -0.1) is 0 Å². The second-order valence-electron chi connectivity index (χ2n) is 3.32. The SMILES string of the molecule is COC(=O)/C=C/NCC1CCOCC1. The van der Waals surface area contributed by atoms with Crippen LogP contribution in [0.1, 0.15) is 12.8 Å². The summed E-state index contributed by atoms with van der Waals surface area (Å²) in [5, 5.41) is 3.08. The molecule has 0 aromatic rings. The molecule has 0 aromatic carbocycles. The van der Waals surface area contributed by atoms with Crippen LogP contribution >= 0.6 is 0 Å². The van der Waals surface area contributed by atoms with Crippen LogP contribution in [0.4, 0.5) is 0 Å².